The first-order valence-corrected chi connectivity index (χ1v) is 7.09. The van der Waals surface area contributed by atoms with Crippen LogP contribution in [0.4, 0.5) is 5.69 Å². The quantitative estimate of drug-likeness (QED) is 0.835. The number of hydrogen-bond acceptors (Lipinski definition) is 4. The molecule has 0 saturated heterocycles. The molecular formula is C14H18N2OS. The Balaban J connectivity index is 2.22. The lowest BCUT2D eigenvalue weighted by atomic mass is 10.1. The summed E-state index contributed by atoms with van der Waals surface area (Å²) in [6.07, 6.45) is 1.95. The predicted octanol–water partition coefficient (Wildman–Crippen LogP) is 3.74. The van der Waals surface area contributed by atoms with Crippen LogP contribution < -0.4 is 10.5 Å². The molecule has 3 nitrogen and oxygen atoms in total. The molecule has 18 heavy (non-hydrogen) atoms. The number of ether oxygens (including phenoxy) is 1. The molecule has 0 spiro atoms. The number of thiazole rings is 1. The zero-order chi connectivity index (χ0) is 13.0. The highest BCUT2D eigenvalue weighted by Gasteiger charge is 2.06. The Kier molecular flexibility index (Phi) is 4.20. The van der Waals surface area contributed by atoms with E-state index in [1.165, 1.54) is 0 Å². The number of nitrogen functional groups attached to an aromatic ring is 1. The van der Waals surface area contributed by atoms with E-state index < -0.39 is 0 Å². The number of anilines is 1. The van der Waals surface area contributed by atoms with E-state index in [1.54, 1.807) is 11.3 Å². The molecule has 0 atom stereocenters. The van der Waals surface area contributed by atoms with Crippen LogP contribution in [-0.2, 0) is 6.42 Å². The summed E-state index contributed by atoms with van der Waals surface area (Å²) in [7, 11) is 0. The van der Waals surface area contributed by atoms with Crippen LogP contribution in [0.2, 0.25) is 0 Å². The van der Waals surface area contributed by atoms with Crippen LogP contribution in [0.1, 0.15) is 25.3 Å². The van der Waals surface area contributed by atoms with E-state index >= 15 is 0 Å². The molecule has 0 unspecified atom stereocenters. The van der Waals surface area contributed by atoms with E-state index in [2.05, 4.69) is 24.2 Å². The molecule has 2 rings (SSSR count). The number of nitrogens with two attached hydrogens (primary N) is 1. The average Bonchev–Trinajstić information content (AvgIpc) is 2.86. The van der Waals surface area contributed by atoms with Gasteiger partial charge in [0.15, 0.2) is 0 Å². The van der Waals surface area contributed by atoms with Gasteiger partial charge in [0.1, 0.15) is 5.75 Å². The molecule has 4 heteroatoms. The van der Waals surface area contributed by atoms with Gasteiger partial charge in [-0.1, -0.05) is 13.8 Å². The number of aromatic nitrogens is 1. The molecule has 96 valence electrons. The molecule has 0 aliphatic carbocycles. The zero-order valence-corrected chi connectivity index (χ0v) is 11.6. The second-order valence-electron chi connectivity index (χ2n) is 4.08. The summed E-state index contributed by atoms with van der Waals surface area (Å²) < 4.78 is 5.56. The van der Waals surface area contributed by atoms with Crippen molar-refractivity contribution >= 4 is 17.0 Å². The molecule has 0 aliphatic rings. The molecule has 1 aromatic carbocycles. The van der Waals surface area contributed by atoms with Crippen molar-refractivity contribution in [3.05, 3.63) is 28.6 Å². The molecule has 2 N–H and O–H groups in total. The lowest BCUT2D eigenvalue weighted by Crippen LogP contribution is -1.99. The molecule has 2 aromatic rings. The van der Waals surface area contributed by atoms with Crippen molar-refractivity contribution in [2.45, 2.75) is 26.7 Å². The van der Waals surface area contributed by atoms with Crippen LogP contribution in [0, 0.1) is 0 Å². The minimum Gasteiger partial charge on any atom is -0.491 e. The average molecular weight is 262 g/mol. The SMILES string of the molecule is CCCOc1ccc(-c2csc(CC)n2)cc1N. The molecule has 0 fully saturated rings. The van der Waals surface area contributed by atoms with Gasteiger partial charge in [-0.25, -0.2) is 4.98 Å². The third kappa shape index (κ3) is 2.82. The Bertz CT molecular complexity index is 522. The van der Waals surface area contributed by atoms with Gasteiger partial charge in [0, 0.05) is 10.9 Å². The van der Waals surface area contributed by atoms with Crippen LogP contribution in [0.3, 0.4) is 0 Å². The van der Waals surface area contributed by atoms with Crippen molar-refractivity contribution in [1.29, 1.82) is 0 Å². The van der Waals surface area contributed by atoms with E-state index in [9.17, 15) is 0 Å². The van der Waals surface area contributed by atoms with Crippen LogP contribution in [0.15, 0.2) is 23.6 Å². The molecule has 0 aliphatic heterocycles. The highest BCUT2D eigenvalue weighted by molar-refractivity contribution is 7.09. The molecule has 0 radical (unpaired) electrons. The second kappa shape index (κ2) is 5.87. The monoisotopic (exact) mass is 262 g/mol. The summed E-state index contributed by atoms with van der Waals surface area (Å²) in [5.41, 5.74) is 8.70. The summed E-state index contributed by atoms with van der Waals surface area (Å²) in [6, 6.07) is 5.86. The minimum absolute atomic E-state index is 0.673. The summed E-state index contributed by atoms with van der Waals surface area (Å²) >= 11 is 1.69. The van der Waals surface area contributed by atoms with Gasteiger partial charge in [-0.2, -0.15) is 0 Å². The van der Waals surface area contributed by atoms with Gasteiger partial charge in [-0.3, -0.25) is 0 Å². The Morgan fingerprint density at radius 1 is 1.33 bits per heavy atom. The standard InChI is InChI=1S/C14H18N2OS/c1-3-7-17-13-6-5-10(8-11(13)15)12-9-18-14(4-2)16-12/h5-6,8-9H,3-4,7,15H2,1-2H3. The summed E-state index contributed by atoms with van der Waals surface area (Å²) in [4.78, 5) is 4.55. The first-order chi connectivity index (χ1) is 8.74. The first kappa shape index (κ1) is 12.9. The van der Waals surface area contributed by atoms with Crippen LogP contribution >= 0.6 is 11.3 Å². The van der Waals surface area contributed by atoms with Gasteiger partial charge < -0.3 is 10.5 Å². The van der Waals surface area contributed by atoms with Crippen LogP contribution in [0.5, 0.6) is 5.75 Å². The van der Waals surface area contributed by atoms with E-state index in [4.69, 9.17) is 10.5 Å². The summed E-state index contributed by atoms with van der Waals surface area (Å²) in [5.74, 6) is 0.756. The van der Waals surface area contributed by atoms with Crippen molar-refractivity contribution < 1.29 is 4.74 Å². The largest absolute Gasteiger partial charge is 0.491 e. The maximum Gasteiger partial charge on any atom is 0.142 e. The topological polar surface area (TPSA) is 48.1 Å². The number of benzene rings is 1. The zero-order valence-electron chi connectivity index (χ0n) is 10.8. The lowest BCUT2D eigenvalue weighted by Gasteiger charge is -2.08. The highest BCUT2D eigenvalue weighted by Crippen LogP contribution is 2.29. The van der Waals surface area contributed by atoms with Gasteiger partial charge in [0.05, 0.1) is 23.0 Å². The Labute approximate surface area is 112 Å². The van der Waals surface area contributed by atoms with E-state index in [0.717, 1.165) is 34.9 Å². The fraction of sp³-hybridized carbons (Fsp3) is 0.357. The van der Waals surface area contributed by atoms with Crippen molar-refractivity contribution in [3.63, 3.8) is 0 Å². The van der Waals surface area contributed by atoms with Crippen LogP contribution in [-0.4, -0.2) is 11.6 Å². The molecule has 1 heterocycles. The number of aryl methyl sites for hydroxylation is 1. The first-order valence-electron chi connectivity index (χ1n) is 6.21. The van der Waals surface area contributed by atoms with Crippen molar-refractivity contribution in [1.82, 2.24) is 4.98 Å². The fourth-order valence-corrected chi connectivity index (χ4v) is 2.41. The maximum absolute atomic E-state index is 5.99. The highest BCUT2D eigenvalue weighted by atomic mass is 32.1. The van der Waals surface area contributed by atoms with Crippen molar-refractivity contribution in [3.8, 4) is 17.0 Å². The lowest BCUT2D eigenvalue weighted by molar-refractivity contribution is 0.319. The minimum atomic E-state index is 0.673. The molecule has 0 saturated carbocycles. The van der Waals surface area contributed by atoms with Gasteiger partial charge in [-0.05, 0) is 31.0 Å². The summed E-state index contributed by atoms with van der Waals surface area (Å²) in [5, 5.41) is 3.22. The van der Waals surface area contributed by atoms with Crippen molar-refractivity contribution in [2.75, 3.05) is 12.3 Å². The van der Waals surface area contributed by atoms with Gasteiger partial charge in [0.2, 0.25) is 0 Å². The number of hydrogen-bond donors (Lipinski definition) is 1. The normalized spacial score (nSPS) is 10.6. The van der Waals surface area contributed by atoms with Gasteiger partial charge >= 0.3 is 0 Å². The summed E-state index contributed by atoms with van der Waals surface area (Å²) in [6.45, 7) is 4.88. The van der Waals surface area contributed by atoms with Gasteiger partial charge in [-0.15, -0.1) is 11.3 Å². The number of nitrogens with zero attached hydrogens (tertiary/aromatic N) is 1. The third-order valence-corrected chi connectivity index (χ3v) is 3.61. The van der Waals surface area contributed by atoms with E-state index in [0.29, 0.717) is 12.3 Å². The Hall–Kier alpha value is -1.55. The molecular weight excluding hydrogens is 244 g/mol. The Morgan fingerprint density at radius 3 is 2.78 bits per heavy atom. The smallest absolute Gasteiger partial charge is 0.142 e. The number of rotatable bonds is 5. The van der Waals surface area contributed by atoms with Gasteiger partial charge in [0.25, 0.3) is 0 Å². The molecule has 0 bridgehead atoms. The molecule has 1 aromatic heterocycles. The van der Waals surface area contributed by atoms with Crippen LogP contribution in [0.25, 0.3) is 11.3 Å². The predicted molar refractivity (Wildman–Crippen MR) is 77.1 cm³/mol. The third-order valence-electron chi connectivity index (χ3n) is 2.62. The van der Waals surface area contributed by atoms with E-state index in [1.807, 2.05) is 18.2 Å². The van der Waals surface area contributed by atoms with E-state index in [-0.39, 0.29) is 0 Å². The fourth-order valence-electron chi connectivity index (χ4n) is 1.66. The van der Waals surface area contributed by atoms with Crippen molar-refractivity contribution in [2.24, 2.45) is 0 Å². The maximum atomic E-state index is 5.99. The molecule has 0 amide bonds. The second-order valence-corrected chi connectivity index (χ2v) is 5.02. The Morgan fingerprint density at radius 2 is 2.17 bits per heavy atom.